The van der Waals surface area contributed by atoms with Crippen molar-refractivity contribution in [2.24, 2.45) is 0 Å². The zero-order valence-corrected chi connectivity index (χ0v) is 12.3. The summed E-state index contributed by atoms with van der Waals surface area (Å²) in [6.45, 7) is -0.754. The van der Waals surface area contributed by atoms with Crippen LogP contribution in [0.5, 0.6) is 0 Å². The number of benzene rings is 1. The Balaban J connectivity index is 2.14. The number of hydrazine groups is 1. The minimum absolute atomic E-state index is 0.386. The molecule has 2 rings (SSSR count). The molecule has 7 N–H and O–H groups in total. The van der Waals surface area contributed by atoms with Gasteiger partial charge in [-0.15, -0.1) is 11.8 Å². The SMILES string of the molecule is O=C1NNC([C@H](O)[C@@H](O)[C@H](O)[C@H](O)CO)Sc2ccccc21. The Kier molecular flexibility index (Phi) is 5.75. The molecular formula is C13H18N2O6S. The summed E-state index contributed by atoms with van der Waals surface area (Å²) in [5.74, 6) is -0.386. The first-order valence-corrected chi connectivity index (χ1v) is 7.48. The maximum absolute atomic E-state index is 11.9. The highest BCUT2D eigenvalue weighted by Crippen LogP contribution is 2.30. The normalized spacial score (nSPS) is 23.7. The molecule has 1 amide bonds. The predicted molar refractivity (Wildman–Crippen MR) is 77.8 cm³/mol. The van der Waals surface area contributed by atoms with Crippen LogP contribution < -0.4 is 10.9 Å². The van der Waals surface area contributed by atoms with Gasteiger partial charge in [0, 0.05) is 4.90 Å². The molecule has 1 aromatic rings. The lowest BCUT2D eigenvalue weighted by Gasteiger charge is -2.30. The summed E-state index contributed by atoms with van der Waals surface area (Å²) in [4.78, 5) is 12.5. The minimum atomic E-state index is -1.73. The van der Waals surface area contributed by atoms with Crippen molar-refractivity contribution in [3.63, 3.8) is 0 Å². The molecule has 0 spiro atoms. The second-order valence-electron chi connectivity index (χ2n) is 4.85. The van der Waals surface area contributed by atoms with Gasteiger partial charge in [0.25, 0.3) is 5.91 Å². The summed E-state index contributed by atoms with van der Waals surface area (Å²) in [6, 6.07) is 6.74. The Bertz CT molecular complexity index is 531. The highest BCUT2D eigenvalue weighted by molar-refractivity contribution is 8.00. The fraction of sp³-hybridized carbons (Fsp3) is 0.462. The first-order chi connectivity index (χ1) is 10.5. The fourth-order valence-corrected chi connectivity index (χ4v) is 3.14. The molecule has 22 heavy (non-hydrogen) atoms. The molecular weight excluding hydrogens is 312 g/mol. The topological polar surface area (TPSA) is 142 Å². The van der Waals surface area contributed by atoms with Gasteiger partial charge in [-0.05, 0) is 12.1 Å². The maximum Gasteiger partial charge on any atom is 0.266 e. The largest absolute Gasteiger partial charge is 0.394 e. The Morgan fingerprint density at radius 3 is 2.50 bits per heavy atom. The monoisotopic (exact) mass is 330 g/mol. The van der Waals surface area contributed by atoms with E-state index in [1.165, 1.54) is 0 Å². The van der Waals surface area contributed by atoms with Crippen LogP contribution in [0.1, 0.15) is 10.4 Å². The van der Waals surface area contributed by atoms with Crippen LogP contribution >= 0.6 is 11.8 Å². The van der Waals surface area contributed by atoms with E-state index in [1.54, 1.807) is 24.3 Å². The lowest BCUT2D eigenvalue weighted by Crippen LogP contribution is -2.55. The van der Waals surface area contributed by atoms with Crippen molar-refractivity contribution in [1.82, 2.24) is 10.9 Å². The van der Waals surface area contributed by atoms with Crippen LogP contribution in [0, 0.1) is 0 Å². The van der Waals surface area contributed by atoms with Gasteiger partial charge in [0.1, 0.15) is 29.8 Å². The van der Waals surface area contributed by atoms with Gasteiger partial charge >= 0.3 is 0 Å². The van der Waals surface area contributed by atoms with Gasteiger partial charge in [-0.3, -0.25) is 10.2 Å². The van der Waals surface area contributed by atoms with Gasteiger partial charge in [0.2, 0.25) is 0 Å². The zero-order chi connectivity index (χ0) is 16.3. The highest BCUT2D eigenvalue weighted by Gasteiger charge is 2.36. The maximum atomic E-state index is 11.9. The molecule has 0 aromatic heterocycles. The number of carbonyl (C=O) groups is 1. The van der Waals surface area contributed by atoms with Crippen molar-refractivity contribution in [2.45, 2.75) is 34.7 Å². The summed E-state index contributed by atoms with van der Waals surface area (Å²) in [5, 5.41) is 47.0. The van der Waals surface area contributed by atoms with E-state index in [0.29, 0.717) is 10.5 Å². The van der Waals surface area contributed by atoms with Gasteiger partial charge in [0.15, 0.2) is 0 Å². The van der Waals surface area contributed by atoms with E-state index >= 15 is 0 Å². The second-order valence-corrected chi connectivity index (χ2v) is 6.04. The van der Waals surface area contributed by atoms with Gasteiger partial charge in [-0.1, -0.05) is 12.1 Å². The first-order valence-electron chi connectivity index (χ1n) is 6.60. The van der Waals surface area contributed by atoms with Crippen molar-refractivity contribution in [3.05, 3.63) is 29.8 Å². The van der Waals surface area contributed by atoms with Crippen LogP contribution in [-0.4, -0.2) is 67.8 Å². The van der Waals surface area contributed by atoms with Crippen LogP contribution in [0.3, 0.4) is 0 Å². The molecule has 0 bridgehead atoms. The molecule has 1 unspecified atom stereocenters. The number of amides is 1. The number of carbonyl (C=O) groups excluding carboxylic acids is 1. The standard InChI is InChI=1S/C13H18N2O6S/c16-5-7(17)9(18)10(19)11(20)13-15-14-12(21)6-3-1-2-4-8(6)22-13/h1-4,7,9-11,13,15-20H,5H2,(H,14,21)/t7-,9-,10+,11-,13?/m1/s1. The molecule has 5 atom stereocenters. The molecule has 0 fully saturated rings. The quantitative estimate of drug-likeness (QED) is 0.322. The van der Waals surface area contributed by atoms with Gasteiger partial charge in [-0.25, -0.2) is 5.43 Å². The summed E-state index contributed by atoms with van der Waals surface area (Å²) in [5.41, 5.74) is 5.38. The molecule has 0 saturated carbocycles. The van der Waals surface area contributed by atoms with E-state index in [0.717, 1.165) is 11.8 Å². The Hall–Kier alpha value is -1.20. The van der Waals surface area contributed by atoms with Crippen LogP contribution in [0.2, 0.25) is 0 Å². The summed E-state index contributed by atoms with van der Waals surface area (Å²) >= 11 is 1.10. The van der Waals surface area contributed by atoms with Crippen molar-refractivity contribution >= 4 is 17.7 Å². The van der Waals surface area contributed by atoms with E-state index in [-0.39, 0.29) is 5.91 Å². The van der Waals surface area contributed by atoms with Gasteiger partial charge in [0.05, 0.1) is 12.2 Å². The minimum Gasteiger partial charge on any atom is -0.394 e. The lowest BCUT2D eigenvalue weighted by molar-refractivity contribution is -0.116. The third-order valence-corrected chi connectivity index (χ3v) is 4.57. The van der Waals surface area contributed by atoms with E-state index < -0.39 is 36.4 Å². The van der Waals surface area contributed by atoms with Crippen molar-refractivity contribution < 1.29 is 30.3 Å². The Labute approximate surface area is 130 Å². The summed E-state index contributed by atoms with van der Waals surface area (Å²) in [6.07, 6.45) is -6.53. The first kappa shape index (κ1) is 17.2. The van der Waals surface area contributed by atoms with Gasteiger partial charge < -0.3 is 25.5 Å². The molecule has 0 radical (unpaired) electrons. The third kappa shape index (κ3) is 3.58. The van der Waals surface area contributed by atoms with Crippen LogP contribution in [-0.2, 0) is 0 Å². The van der Waals surface area contributed by atoms with Crippen molar-refractivity contribution in [3.8, 4) is 0 Å². The Morgan fingerprint density at radius 1 is 1.14 bits per heavy atom. The number of aliphatic hydroxyl groups is 5. The molecule has 9 heteroatoms. The molecule has 0 aliphatic carbocycles. The number of nitrogens with one attached hydrogen (secondary N) is 2. The van der Waals surface area contributed by atoms with Crippen LogP contribution in [0.15, 0.2) is 29.2 Å². The fourth-order valence-electron chi connectivity index (χ4n) is 2.00. The highest BCUT2D eigenvalue weighted by atomic mass is 32.2. The molecule has 1 aliphatic heterocycles. The molecule has 122 valence electrons. The average molecular weight is 330 g/mol. The smallest absolute Gasteiger partial charge is 0.266 e. The predicted octanol–water partition coefficient (Wildman–Crippen LogP) is -2.21. The van der Waals surface area contributed by atoms with Gasteiger partial charge in [-0.2, -0.15) is 0 Å². The molecule has 1 aliphatic rings. The van der Waals surface area contributed by atoms with E-state index in [9.17, 15) is 25.2 Å². The molecule has 1 aromatic carbocycles. The van der Waals surface area contributed by atoms with E-state index in [2.05, 4.69) is 10.9 Å². The number of hydrogen-bond donors (Lipinski definition) is 7. The van der Waals surface area contributed by atoms with Crippen LogP contribution in [0.4, 0.5) is 0 Å². The van der Waals surface area contributed by atoms with Crippen LogP contribution in [0.25, 0.3) is 0 Å². The van der Waals surface area contributed by atoms with E-state index in [1.807, 2.05) is 0 Å². The average Bonchev–Trinajstić information content (AvgIpc) is 2.71. The third-order valence-electron chi connectivity index (χ3n) is 3.30. The summed E-state index contributed by atoms with van der Waals surface area (Å²) < 4.78 is 0. The number of thioether (sulfide) groups is 1. The van der Waals surface area contributed by atoms with Crippen molar-refractivity contribution in [1.29, 1.82) is 0 Å². The molecule has 8 nitrogen and oxygen atoms in total. The molecule has 1 heterocycles. The molecule has 0 saturated heterocycles. The number of rotatable bonds is 5. The number of hydrogen-bond acceptors (Lipinski definition) is 8. The van der Waals surface area contributed by atoms with Crippen molar-refractivity contribution in [2.75, 3.05) is 6.61 Å². The number of aliphatic hydroxyl groups excluding tert-OH is 5. The van der Waals surface area contributed by atoms with E-state index in [4.69, 9.17) is 5.11 Å². The Morgan fingerprint density at radius 2 is 1.82 bits per heavy atom. The second kappa shape index (κ2) is 7.38. The lowest BCUT2D eigenvalue weighted by atomic mass is 10.0. The zero-order valence-electron chi connectivity index (χ0n) is 11.5. The number of fused-ring (bicyclic) bond motifs is 1. The summed E-state index contributed by atoms with van der Waals surface area (Å²) in [7, 11) is 0.